The molecule has 1 unspecified atom stereocenters. The summed E-state index contributed by atoms with van der Waals surface area (Å²) in [5, 5.41) is 0. The van der Waals surface area contributed by atoms with E-state index in [9.17, 15) is 4.79 Å². The number of nitrogens with two attached hydrogens (primary N) is 1. The predicted molar refractivity (Wildman–Crippen MR) is 77.9 cm³/mol. The highest BCUT2D eigenvalue weighted by Crippen LogP contribution is 2.20. The van der Waals surface area contributed by atoms with Crippen LogP contribution in [-0.4, -0.2) is 30.4 Å². The highest BCUT2D eigenvalue weighted by Gasteiger charge is 2.25. The molecule has 1 fully saturated rings. The van der Waals surface area contributed by atoms with E-state index in [0.29, 0.717) is 18.2 Å². The Kier molecular flexibility index (Phi) is 4.97. The van der Waals surface area contributed by atoms with Gasteiger partial charge in [0.25, 0.3) is 0 Å². The van der Waals surface area contributed by atoms with Gasteiger partial charge in [0.2, 0.25) is 5.91 Å². The quantitative estimate of drug-likeness (QED) is 0.881. The van der Waals surface area contributed by atoms with Crippen molar-refractivity contribution >= 4 is 5.91 Å². The maximum Gasteiger partial charge on any atom is 0.222 e. The summed E-state index contributed by atoms with van der Waals surface area (Å²) in [5.74, 6) is 0.911. The summed E-state index contributed by atoms with van der Waals surface area (Å²) in [7, 11) is 0. The molecule has 0 bridgehead atoms. The Hall–Kier alpha value is -1.35. The lowest BCUT2D eigenvalue weighted by molar-refractivity contribution is -0.130. The van der Waals surface area contributed by atoms with E-state index in [4.69, 9.17) is 5.73 Å². The number of hydrogen-bond acceptors (Lipinski definition) is 2. The van der Waals surface area contributed by atoms with Crippen molar-refractivity contribution < 1.29 is 4.79 Å². The molecule has 0 aromatic heterocycles. The molecule has 104 valence electrons. The summed E-state index contributed by atoms with van der Waals surface area (Å²) in [4.78, 5) is 14.2. The van der Waals surface area contributed by atoms with E-state index in [2.05, 4.69) is 31.2 Å². The van der Waals surface area contributed by atoms with Crippen LogP contribution < -0.4 is 5.73 Å². The number of carbonyl (C=O) groups excluding carboxylic acids is 1. The van der Waals surface area contributed by atoms with Crippen molar-refractivity contribution in [3.63, 3.8) is 0 Å². The minimum atomic E-state index is 0.293. The predicted octanol–water partition coefficient (Wildman–Crippen LogP) is 2.12. The summed E-state index contributed by atoms with van der Waals surface area (Å²) in [6.45, 7) is 4.64. The number of benzene rings is 1. The van der Waals surface area contributed by atoms with E-state index in [1.165, 1.54) is 11.1 Å². The lowest BCUT2D eigenvalue weighted by Gasteiger charge is -2.16. The van der Waals surface area contributed by atoms with Crippen molar-refractivity contribution in [1.82, 2.24) is 4.90 Å². The second-order valence-electron chi connectivity index (χ2n) is 5.56. The molecule has 1 aliphatic heterocycles. The Labute approximate surface area is 115 Å². The molecule has 0 spiro atoms. The lowest BCUT2D eigenvalue weighted by Crippen LogP contribution is -2.29. The summed E-state index contributed by atoms with van der Waals surface area (Å²) in [6, 6.07) is 8.40. The molecule has 0 aliphatic carbocycles. The van der Waals surface area contributed by atoms with Crippen LogP contribution in [-0.2, 0) is 11.2 Å². The van der Waals surface area contributed by atoms with Crippen LogP contribution in [0.4, 0.5) is 0 Å². The molecule has 3 heteroatoms. The highest BCUT2D eigenvalue weighted by molar-refractivity contribution is 5.76. The van der Waals surface area contributed by atoms with Crippen LogP contribution in [0, 0.1) is 12.8 Å². The van der Waals surface area contributed by atoms with Crippen LogP contribution in [0.15, 0.2) is 24.3 Å². The van der Waals surface area contributed by atoms with Gasteiger partial charge in [-0.15, -0.1) is 0 Å². The van der Waals surface area contributed by atoms with Crippen LogP contribution in [0.1, 0.15) is 30.4 Å². The Morgan fingerprint density at radius 2 is 2.32 bits per heavy atom. The molecule has 1 aromatic rings. The van der Waals surface area contributed by atoms with Crippen LogP contribution in [0.2, 0.25) is 0 Å². The number of aryl methyl sites for hydroxylation is 2. The lowest BCUT2D eigenvalue weighted by atomic mass is 10.1. The number of carbonyl (C=O) groups is 1. The Bertz CT molecular complexity index is 431. The largest absolute Gasteiger partial charge is 0.342 e. The van der Waals surface area contributed by atoms with Crippen molar-refractivity contribution in [2.45, 2.75) is 32.6 Å². The van der Waals surface area contributed by atoms with Gasteiger partial charge in [0.1, 0.15) is 0 Å². The second-order valence-corrected chi connectivity index (χ2v) is 5.56. The number of nitrogens with zero attached hydrogens (tertiary/aromatic N) is 1. The molecule has 1 atom stereocenters. The monoisotopic (exact) mass is 260 g/mol. The zero-order valence-electron chi connectivity index (χ0n) is 11.8. The highest BCUT2D eigenvalue weighted by atomic mass is 16.2. The molecule has 0 saturated carbocycles. The number of rotatable bonds is 5. The number of hydrogen-bond donors (Lipinski definition) is 1. The minimum absolute atomic E-state index is 0.293. The van der Waals surface area contributed by atoms with E-state index < -0.39 is 0 Å². The van der Waals surface area contributed by atoms with E-state index in [-0.39, 0.29) is 0 Å². The smallest absolute Gasteiger partial charge is 0.222 e. The van der Waals surface area contributed by atoms with E-state index in [1.807, 2.05) is 4.90 Å². The molecular formula is C16H24N2O. The summed E-state index contributed by atoms with van der Waals surface area (Å²) < 4.78 is 0. The zero-order valence-corrected chi connectivity index (χ0v) is 11.8. The minimum Gasteiger partial charge on any atom is -0.342 e. The fourth-order valence-corrected chi connectivity index (χ4v) is 2.81. The molecule has 0 radical (unpaired) electrons. The number of amides is 1. The van der Waals surface area contributed by atoms with Gasteiger partial charge >= 0.3 is 0 Å². The van der Waals surface area contributed by atoms with Gasteiger partial charge in [0.05, 0.1) is 0 Å². The van der Waals surface area contributed by atoms with Gasteiger partial charge < -0.3 is 10.6 Å². The molecular weight excluding hydrogens is 236 g/mol. The molecule has 1 aliphatic rings. The summed E-state index contributed by atoms with van der Waals surface area (Å²) in [5.41, 5.74) is 8.09. The second kappa shape index (κ2) is 6.71. The average molecular weight is 260 g/mol. The third-order valence-electron chi connectivity index (χ3n) is 3.92. The molecule has 19 heavy (non-hydrogen) atoms. The van der Waals surface area contributed by atoms with Crippen LogP contribution in [0.5, 0.6) is 0 Å². The first-order valence-electron chi connectivity index (χ1n) is 7.22. The first-order valence-corrected chi connectivity index (χ1v) is 7.22. The topological polar surface area (TPSA) is 46.3 Å². The first kappa shape index (κ1) is 14.1. The van der Waals surface area contributed by atoms with Crippen molar-refractivity contribution in [2.24, 2.45) is 11.7 Å². The summed E-state index contributed by atoms with van der Waals surface area (Å²) >= 11 is 0. The number of likely N-dealkylation sites (tertiary alicyclic amines) is 1. The van der Waals surface area contributed by atoms with Gasteiger partial charge in [-0.2, -0.15) is 0 Å². The first-order chi connectivity index (χ1) is 9.19. The molecule has 1 heterocycles. The maximum absolute atomic E-state index is 12.1. The fourth-order valence-electron chi connectivity index (χ4n) is 2.81. The molecule has 1 aromatic carbocycles. The Balaban J connectivity index is 1.79. The zero-order chi connectivity index (χ0) is 13.7. The average Bonchev–Trinajstić information content (AvgIpc) is 2.85. The Morgan fingerprint density at radius 1 is 1.47 bits per heavy atom. The SMILES string of the molecule is Cc1cccc(CCC(=O)N2CCC(CCN)C2)c1. The molecule has 3 nitrogen and oxygen atoms in total. The maximum atomic E-state index is 12.1. The normalized spacial score (nSPS) is 18.8. The van der Waals surface area contributed by atoms with Gasteiger partial charge in [0, 0.05) is 19.5 Å². The van der Waals surface area contributed by atoms with Crippen LogP contribution in [0.3, 0.4) is 0 Å². The van der Waals surface area contributed by atoms with Crippen molar-refractivity contribution in [1.29, 1.82) is 0 Å². The Morgan fingerprint density at radius 3 is 3.05 bits per heavy atom. The van der Waals surface area contributed by atoms with Crippen molar-refractivity contribution in [3.05, 3.63) is 35.4 Å². The van der Waals surface area contributed by atoms with E-state index in [0.717, 1.165) is 38.9 Å². The molecule has 2 rings (SSSR count). The van der Waals surface area contributed by atoms with E-state index >= 15 is 0 Å². The van der Waals surface area contributed by atoms with Crippen molar-refractivity contribution in [3.8, 4) is 0 Å². The van der Waals surface area contributed by atoms with E-state index in [1.54, 1.807) is 0 Å². The summed E-state index contributed by atoms with van der Waals surface area (Å²) in [6.07, 6.45) is 3.63. The van der Waals surface area contributed by atoms with Crippen LogP contribution >= 0.6 is 0 Å². The van der Waals surface area contributed by atoms with Gasteiger partial charge in [0.15, 0.2) is 0 Å². The third-order valence-corrected chi connectivity index (χ3v) is 3.92. The van der Waals surface area contributed by atoms with Gasteiger partial charge in [-0.1, -0.05) is 29.8 Å². The standard InChI is InChI=1S/C16H24N2O/c1-13-3-2-4-14(11-13)5-6-16(19)18-10-8-15(12-18)7-9-17/h2-4,11,15H,5-10,12,17H2,1H3. The van der Waals surface area contributed by atoms with Gasteiger partial charge in [-0.05, 0) is 44.2 Å². The molecule has 1 saturated heterocycles. The fraction of sp³-hybridized carbons (Fsp3) is 0.562. The van der Waals surface area contributed by atoms with Crippen molar-refractivity contribution in [2.75, 3.05) is 19.6 Å². The van der Waals surface area contributed by atoms with Crippen LogP contribution in [0.25, 0.3) is 0 Å². The van der Waals surface area contributed by atoms with Gasteiger partial charge in [-0.3, -0.25) is 4.79 Å². The molecule has 1 amide bonds. The third kappa shape index (κ3) is 4.06. The molecule has 2 N–H and O–H groups in total. The van der Waals surface area contributed by atoms with Gasteiger partial charge in [-0.25, -0.2) is 0 Å².